The smallest absolute Gasteiger partial charge is 0.416 e. The van der Waals surface area contributed by atoms with E-state index in [1.165, 1.54) is 11.0 Å². The van der Waals surface area contributed by atoms with Crippen molar-refractivity contribution in [2.75, 3.05) is 11.5 Å². The van der Waals surface area contributed by atoms with Gasteiger partial charge >= 0.3 is 6.18 Å². The van der Waals surface area contributed by atoms with E-state index in [1.54, 1.807) is 54.6 Å². The number of rotatable bonds is 6. The summed E-state index contributed by atoms with van der Waals surface area (Å²) in [5, 5.41) is 9.94. The molecule has 1 saturated heterocycles. The van der Waals surface area contributed by atoms with Crippen LogP contribution in [0.25, 0.3) is 0 Å². The van der Waals surface area contributed by atoms with E-state index in [-0.39, 0.29) is 18.9 Å². The number of ether oxygens (including phenoxy) is 1. The number of hydrogen-bond donors (Lipinski definition) is 1. The summed E-state index contributed by atoms with van der Waals surface area (Å²) in [6.07, 6.45) is -3.90. The number of alkyl halides is 3. The zero-order valence-electron chi connectivity index (χ0n) is 17.4. The lowest BCUT2D eigenvalue weighted by Crippen LogP contribution is -2.29. The first-order valence-corrected chi connectivity index (χ1v) is 10.8. The molecule has 0 aliphatic carbocycles. The van der Waals surface area contributed by atoms with Gasteiger partial charge in [0, 0.05) is 23.2 Å². The number of nitrogens with zero attached hydrogens (tertiary/aromatic N) is 1. The van der Waals surface area contributed by atoms with Gasteiger partial charge in [0.05, 0.1) is 11.6 Å². The minimum absolute atomic E-state index is 0.173. The summed E-state index contributed by atoms with van der Waals surface area (Å²) in [6.45, 7) is -0.173. The number of aliphatic hydroxyl groups excluding tert-OH is 1. The molecule has 8 heteroatoms. The van der Waals surface area contributed by atoms with E-state index in [1.807, 2.05) is 0 Å². The van der Waals surface area contributed by atoms with Crippen molar-refractivity contribution in [2.24, 2.45) is 5.92 Å². The van der Waals surface area contributed by atoms with Crippen molar-refractivity contribution in [1.29, 1.82) is 0 Å². The van der Waals surface area contributed by atoms with Gasteiger partial charge in [0.15, 0.2) is 0 Å². The van der Waals surface area contributed by atoms with Crippen LogP contribution < -0.4 is 9.64 Å². The highest BCUT2D eigenvalue weighted by atomic mass is 35.5. The van der Waals surface area contributed by atoms with Gasteiger partial charge in [-0.05, 0) is 79.1 Å². The van der Waals surface area contributed by atoms with Crippen LogP contribution in [-0.4, -0.2) is 17.6 Å². The first-order valence-electron chi connectivity index (χ1n) is 10.4. The minimum atomic E-state index is -4.48. The Balaban J connectivity index is 1.63. The second kappa shape index (κ2) is 9.45. The Labute approximate surface area is 194 Å². The van der Waals surface area contributed by atoms with Gasteiger partial charge in [-0.1, -0.05) is 23.7 Å². The Morgan fingerprint density at radius 2 is 1.64 bits per heavy atom. The fourth-order valence-electron chi connectivity index (χ4n) is 4.05. The lowest BCUT2D eigenvalue weighted by molar-refractivity contribution is -0.137. The van der Waals surface area contributed by atoms with Gasteiger partial charge in [-0.15, -0.1) is 0 Å². The quantitative estimate of drug-likeness (QED) is 0.435. The van der Waals surface area contributed by atoms with Gasteiger partial charge < -0.3 is 14.7 Å². The molecule has 2 atom stereocenters. The van der Waals surface area contributed by atoms with E-state index in [9.17, 15) is 23.1 Å². The molecule has 0 radical (unpaired) electrons. The highest BCUT2D eigenvalue weighted by molar-refractivity contribution is 6.30. The third-order valence-electron chi connectivity index (χ3n) is 5.65. The lowest BCUT2D eigenvalue weighted by atomic mass is 9.96. The molecule has 0 bridgehead atoms. The maximum atomic E-state index is 13.3. The van der Waals surface area contributed by atoms with E-state index < -0.39 is 23.7 Å². The number of anilines is 1. The number of carbonyl (C=O) groups excluding carboxylic acids is 1. The van der Waals surface area contributed by atoms with Crippen LogP contribution in [0.1, 0.15) is 30.0 Å². The summed E-state index contributed by atoms with van der Waals surface area (Å²) < 4.78 is 45.6. The summed E-state index contributed by atoms with van der Waals surface area (Å²) in [5.74, 6) is 0.432. The third kappa shape index (κ3) is 5.15. The SMILES string of the molecule is O=C1[C@H](CCO)C[C@H](c2cccc(C(F)(F)F)c2)N1c1ccc(Oc2ccc(Cl)cc2)cc1. The normalized spacial score (nSPS) is 18.6. The minimum Gasteiger partial charge on any atom is -0.457 e. The molecule has 0 saturated carbocycles. The fourth-order valence-corrected chi connectivity index (χ4v) is 4.18. The van der Waals surface area contributed by atoms with Crippen molar-refractivity contribution in [3.63, 3.8) is 0 Å². The molecule has 3 aromatic rings. The number of amides is 1. The number of aliphatic hydroxyl groups is 1. The van der Waals surface area contributed by atoms with Crippen LogP contribution in [-0.2, 0) is 11.0 Å². The first-order chi connectivity index (χ1) is 15.8. The summed E-state index contributed by atoms with van der Waals surface area (Å²) in [7, 11) is 0. The van der Waals surface area contributed by atoms with E-state index in [4.69, 9.17) is 16.3 Å². The van der Waals surface area contributed by atoms with Crippen molar-refractivity contribution in [3.05, 3.63) is 88.9 Å². The average molecular weight is 476 g/mol. The fraction of sp³-hybridized carbons (Fsp3) is 0.240. The van der Waals surface area contributed by atoms with E-state index >= 15 is 0 Å². The predicted molar refractivity (Wildman–Crippen MR) is 119 cm³/mol. The summed E-state index contributed by atoms with van der Waals surface area (Å²) in [6, 6.07) is 18.1. The van der Waals surface area contributed by atoms with Crippen LogP contribution in [0.2, 0.25) is 5.02 Å². The number of hydrogen-bond acceptors (Lipinski definition) is 3. The molecule has 1 fully saturated rings. The Bertz CT molecular complexity index is 1120. The first kappa shape index (κ1) is 23.1. The van der Waals surface area contributed by atoms with E-state index in [0.29, 0.717) is 34.2 Å². The Morgan fingerprint density at radius 3 is 2.24 bits per heavy atom. The predicted octanol–water partition coefficient (Wildman–Crippen LogP) is 6.63. The van der Waals surface area contributed by atoms with Crippen LogP contribution in [0.4, 0.5) is 18.9 Å². The van der Waals surface area contributed by atoms with Crippen molar-refractivity contribution in [3.8, 4) is 11.5 Å². The molecule has 1 aliphatic heterocycles. The van der Waals surface area contributed by atoms with Gasteiger partial charge in [-0.3, -0.25) is 4.79 Å². The van der Waals surface area contributed by atoms with Crippen molar-refractivity contribution in [1.82, 2.24) is 0 Å². The third-order valence-corrected chi connectivity index (χ3v) is 5.90. The Hall–Kier alpha value is -3.03. The summed E-state index contributed by atoms with van der Waals surface area (Å²) in [4.78, 5) is 14.6. The lowest BCUT2D eigenvalue weighted by Gasteiger charge is -2.26. The van der Waals surface area contributed by atoms with Crippen molar-refractivity contribution < 1.29 is 27.8 Å². The number of carbonyl (C=O) groups is 1. The maximum Gasteiger partial charge on any atom is 0.416 e. The van der Waals surface area contributed by atoms with Crippen LogP contribution in [0.3, 0.4) is 0 Å². The standard InChI is InChI=1S/C25H21ClF3NO3/c26-19-4-8-21(9-5-19)33-22-10-6-20(7-11-22)30-23(15-17(12-13-31)24(30)32)16-2-1-3-18(14-16)25(27,28)29/h1-11,14,17,23,31H,12-13,15H2/t17-,23-/m1/s1. The molecule has 1 heterocycles. The molecule has 1 amide bonds. The van der Waals surface area contributed by atoms with Crippen LogP contribution in [0, 0.1) is 5.92 Å². The molecular weight excluding hydrogens is 455 g/mol. The van der Waals surface area contributed by atoms with Crippen LogP contribution >= 0.6 is 11.6 Å². The molecule has 4 rings (SSSR count). The second-order valence-electron chi connectivity index (χ2n) is 7.84. The van der Waals surface area contributed by atoms with Gasteiger partial charge in [0.25, 0.3) is 0 Å². The molecule has 0 spiro atoms. The Kier molecular flexibility index (Phi) is 6.63. The molecule has 1 aliphatic rings. The van der Waals surface area contributed by atoms with Crippen LogP contribution in [0.15, 0.2) is 72.8 Å². The van der Waals surface area contributed by atoms with E-state index in [0.717, 1.165) is 12.1 Å². The molecule has 1 N–H and O–H groups in total. The Morgan fingerprint density at radius 1 is 1.00 bits per heavy atom. The van der Waals surface area contributed by atoms with Gasteiger partial charge in [0.2, 0.25) is 5.91 Å². The summed E-state index contributed by atoms with van der Waals surface area (Å²) in [5.41, 5.74) is 0.191. The second-order valence-corrected chi connectivity index (χ2v) is 8.28. The molecule has 33 heavy (non-hydrogen) atoms. The van der Waals surface area contributed by atoms with E-state index in [2.05, 4.69) is 0 Å². The highest BCUT2D eigenvalue weighted by Crippen LogP contribution is 2.43. The monoisotopic (exact) mass is 475 g/mol. The largest absolute Gasteiger partial charge is 0.457 e. The molecule has 4 nitrogen and oxygen atoms in total. The van der Waals surface area contributed by atoms with Crippen molar-refractivity contribution >= 4 is 23.2 Å². The van der Waals surface area contributed by atoms with Gasteiger partial charge in [-0.2, -0.15) is 13.2 Å². The molecular formula is C25H21ClF3NO3. The zero-order chi connectivity index (χ0) is 23.6. The van der Waals surface area contributed by atoms with Crippen LogP contribution in [0.5, 0.6) is 11.5 Å². The van der Waals surface area contributed by atoms with Gasteiger partial charge in [-0.25, -0.2) is 0 Å². The topological polar surface area (TPSA) is 49.8 Å². The molecule has 0 aromatic heterocycles. The molecule has 0 unspecified atom stereocenters. The summed E-state index contributed by atoms with van der Waals surface area (Å²) >= 11 is 5.88. The van der Waals surface area contributed by atoms with Crippen molar-refractivity contribution in [2.45, 2.75) is 25.1 Å². The van der Waals surface area contributed by atoms with Gasteiger partial charge in [0.1, 0.15) is 11.5 Å². The number of benzene rings is 3. The molecule has 172 valence electrons. The zero-order valence-corrected chi connectivity index (χ0v) is 18.2. The highest BCUT2D eigenvalue weighted by Gasteiger charge is 2.41. The maximum absolute atomic E-state index is 13.3. The average Bonchev–Trinajstić information content (AvgIpc) is 3.12. The molecule has 3 aromatic carbocycles. The number of halogens is 4.